The fourth-order valence-corrected chi connectivity index (χ4v) is 6.10. The highest BCUT2D eigenvalue weighted by molar-refractivity contribution is 7.99. The second-order valence-electron chi connectivity index (χ2n) is 6.87. The first kappa shape index (κ1) is 19.2. The number of hydrogen-bond acceptors (Lipinski definition) is 8. The minimum absolute atomic E-state index is 0.0347. The summed E-state index contributed by atoms with van der Waals surface area (Å²) in [5.41, 5.74) is 6.68. The molecular formula is C15H24N6O3S2. The molecule has 144 valence electrons. The summed E-state index contributed by atoms with van der Waals surface area (Å²) in [5.74, 6) is 0.423. The third-order valence-corrected chi connectivity index (χ3v) is 7.18. The second-order valence-corrected chi connectivity index (χ2v) is 9.96. The molecule has 0 spiro atoms. The molecule has 2 saturated heterocycles. The number of aromatic nitrogens is 3. The molecule has 2 fully saturated rings. The monoisotopic (exact) mass is 400 g/mol. The maximum Gasteiger partial charge on any atom is 0.233 e. The zero-order valence-electron chi connectivity index (χ0n) is 14.9. The molecule has 9 nitrogen and oxygen atoms in total. The summed E-state index contributed by atoms with van der Waals surface area (Å²) in [5, 5.41) is 6.83. The van der Waals surface area contributed by atoms with E-state index in [4.69, 9.17) is 5.73 Å². The van der Waals surface area contributed by atoms with Gasteiger partial charge in [-0.05, 0) is 13.8 Å². The number of carbonyl (C=O) groups is 1. The van der Waals surface area contributed by atoms with Crippen molar-refractivity contribution in [1.82, 2.24) is 25.0 Å². The van der Waals surface area contributed by atoms with Crippen LogP contribution in [-0.4, -0.2) is 88.3 Å². The molecule has 0 aliphatic carbocycles. The van der Waals surface area contributed by atoms with Gasteiger partial charge in [-0.25, -0.2) is 13.5 Å². The lowest BCUT2D eigenvalue weighted by atomic mass is 10.0. The van der Waals surface area contributed by atoms with Crippen LogP contribution >= 0.6 is 11.8 Å². The molecule has 1 aromatic rings. The number of aromatic amines is 1. The molecule has 2 aliphatic heterocycles. The van der Waals surface area contributed by atoms with Crippen LogP contribution in [-0.2, 0) is 14.6 Å². The molecule has 0 bridgehead atoms. The van der Waals surface area contributed by atoms with Crippen LogP contribution in [0.5, 0.6) is 0 Å². The van der Waals surface area contributed by atoms with Gasteiger partial charge in [0.25, 0.3) is 0 Å². The number of amides is 1. The number of hydrogen-bond donors (Lipinski definition) is 2. The van der Waals surface area contributed by atoms with Gasteiger partial charge in [0.05, 0.1) is 23.3 Å². The van der Waals surface area contributed by atoms with E-state index in [0.29, 0.717) is 24.8 Å². The van der Waals surface area contributed by atoms with Gasteiger partial charge in [-0.15, -0.1) is 5.10 Å². The highest BCUT2D eigenvalue weighted by atomic mass is 32.2. The van der Waals surface area contributed by atoms with E-state index in [1.807, 2.05) is 13.8 Å². The van der Waals surface area contributed by atoms with Gasteiger partial charge >= 0.3 is 0 Å². The Morgan fingerprint density at radius 2 is 2.08 bits per heavy atom. The van der Waals surface area contributed by atoms with Gasteiger partial charge in [0.15, 0.2) is 9.84 Å². The van der Waals surface area contributed by atoms with E-state index in [2.05, 4.69) is 26.2 Å². The molecule has 3 N–H and O–H groups in total. The molecule has 0 radical (unpaired) electrons. The molecular weight excluding hydrogens is 376 g/mol. The Hall–Kier alpha value is -1.59. The standard InChI is InChI=1S/C15H24N6O3S2/c1-10(2)3-4-20-5-6-21(12-9-26(23,24)8-11(12)20)13(22)7-25-15-17-14(16)18-19-15/h3,11-12H,4-9H2,1-2H3,(H3,16,17,18,19)/t11-,12+/m0/s1. The van der Waals surface area contributed by atoms with Crippen LogP contribution in [0.4, 0.5) is 5.95 Å². The number of nitrogens with one attached hydrogen (secondary N) is 1. The number of anilines is 1. The average molecular weight is 401 g/mol. The molecule has 2 aliphatic rings. The molecule has 26 heavy (non-hydrogen) atoms. The maximum atomic E-state index is 12.7. The minimum Gasteiger partial charge on any atom is -0.368 e. The third-order valence-electron chi connectivity index (χ3n) is 4.65. The smallest absolute Gasteiger partial charge is 0.233 e. The number of piperazine rings is 1. The number of nitrogen functional groups attached to an aromatic ring is 1. The summed E-state index contributed by atoms with van der Waals surface area (Å²) in [7, 11) is -3.14. The summed E-state index contributed by atoms with van der Waals surface area (Å²) in [6.45, 7) is 5.96. The van der Waals surface area contributed by atoms with Crippen molar-refractivity contribution >= 4 is 33.5 Å². The SMILES string of the molecule is CC(C)=CCN1CCN(C(=O)CSc2n[nH]c(N)n2)[C@@H]2CS(=O)(=O)C[C@@H]21. The van der Waals surface area contributed by atoms with Crippen LogP contribution in [0, 0.1) is 0 Å². The predicted molar refractivity (Wildman–Crippen MR) is 100 cm³/mol. The van der Waals surface area contributed by atoms with Gasteiger partial charge in [0.2, 0.25) is 17.0 Å². The van der Waals surface area contributed by atoms with Gasteiger partial charge in [0, 0.05) is 25.7 Å². The van der Waals surface area contributed by atoms with E-state index in [1.54, 1.807) is 4.90 Å². The summed E-state index contributed by atoms with van der Waals surface area (Å²) in [6.07, 6.45) is 2.10. The van der Waals surface area contributed by atoms with Crippen molar-refractivity contribution in [3.05, 3.63) is 11.6 Å². The summed E-state index contributed by atoms with van der Waals surface area (Å²) in [4.78, 5) is 20.5. The maximum absolute atomic E-state index is 12.7. The van der Waals surface area contributed by atoms with Crippen molar-refractivity contribution in [2.45, 2.75) is 31.1 Å². The Labute approximate surface area is 157 Å². The van der Waals surface area contributed by atoms with Gasteiger partial charge in [0.1, 0.15) is 0 Å². The predicted octanol–water partition coefficient (Wildman–Crippen LogP) is -0.245. The fourth-order valence-electron chi connectivity index (χ4n) is 3.39. The number of carbonyl (C=O) groups excluding carboxylic acids is 1. The number of H-pyrrole nitrogens is 1. The quantitative estimate of drug-likeness (QED) is 0.512. The molecule has 11 heteroatoms. The summed E-state index contributed by atoms with van der Waals surface area (Å²) in [6, 6.07) is -0.429. The lowest BCUT2D eigenvalue weighted by Gasteiger charge is -2.43. The van der Waals surface area contributed by atoms with Gasteiger partial charge in [-0.2, -0.15) is 4.98 Å². The molecule has 3 heterocycles. The van der Waals surface area contributed by atoms with Crippen molar-refractivity contribution < 1.29 is 13.2 Å². The molecule has 2 atom stereocenters. The molecule has 0 aromatic carbocycles. The Balaban J connectivity index is 1.68. The lowest BCUT2D eigenvalue weighted by Crippen LogP contribution is -2.60. The first-order valence-corrected chi connectivity index (χ1v) is 11.2. The summed E-state index contributed by atoms with van der Waals surface area (Å²) >= 11 is 1.19. The van der Waals surface area contributed by atoms with Crippen LogP contribution in [0.2, 0.25) is 0 Å². The van der Waals surface area contributed by atoms with Crippen LogP contribution in [0.25, 0.3) is 0 Å². The van der Waals surface area contributed by atoms with Crippen LogP contribution < -0.4 is 5.73 Å². The highest BCUT2D eigenvalue weighted by Crippen LogP contribution is 2.28. The van der Waals surface area contributed by atoms with Crippen molar-refractivity contribution in [3.8, 4) is 0 Å². The molecule has 1 amide bonds. The molecule has 0 saturated carbocycles. The van der Waals surface area contributed by atoms with Crippen LogP contribution in [0.3, 0.4) is 0 Å². The Morgan fingerprint density at radius 3 is 2.73 bits per heavy atom. The zero-order chi connectivity index (χ0) is 18.9. The topological polar surface area (TPSA) is 125 Å². The number of nitrogens with zero attached hydrogens (tertiary/aromatic N) is 4. The van der Waals surface area contributed by atoms with E-state index in [9.17, 15) is 13.2 Å². The van der Waals surface area contributed by atoms with E-state index in [-0.39, 0.29) is 41.2 Å². The van der Waals surface area contributed by atoms with Crippen molar-refractivity contribution in [2.24, 2.45) is 0 Å². The second kappa shape index (κ2) is 7.57. The van der Waals surface area contributed by atoms with Crippen LogP contribution in [0.1, 0.15) is 13.8 Å². The Kier molecular flexibility index (Phi) is 5.58. The first-order valence-electron chi connectivity index (χ1n) is 8.43. The van der Waals surface area contributed by atoms with Gasteiger partial charge in [-0.3, -0.25) is 9.69 Å². The van der Waals surface area contributed by atoms with Crippen molar-refractivity contribution in [1.29, 1.82) is 0 Å². The van der Waals surface area contributed by atoms with Crippen LogP contribution in [0.15, 0.2) is 16.8 Å². The Morgan fingerprint density at radius 1 is 1.35 bits per heavy atom. The fraction of sp³-hybridized carbons (Fsp3) is 0.667. The van der Waals surface area contributed by atoms with E-state index in [1.165, 1.54) is 17.3 Å². The third kappa shape index (κ3) is 4.38. The molecule has 1 aromatic heterocycles. The Bertz CT molecular complexity index is 802. The zero-order valence-corrected chi connectivity index (χ0v) is 16.5. The van der Waals surface area contributed by atoms with E-state index >= 15 is 0 Å². The number of sulfone groups is 1. The largest absolute Gasteiger partial charge is 0.368 e. The van der Waals surface area contributed by atoms with Gasteiger partial charge < -0.3 is 10.6 Å². The molecule has 3 rings (SSSR count). The molecule has 0 unspecified atom stereocenters. The lowest BCUT2D eigenvalue weighted by molar-refractivity contribution is -0.133. The minimum atomic E-state index is -3.14. The van der Waals surface area contributed by atoms with E-state index < -0.39 is 9.84 Å². The summed E-state index contributed by atoms with van der Waals surface area (Å²) < 4.78 is 24.4. The van der Waals surface area contributed by atoms with Gasteiger partial charge in [-0.1, -0.05) is 23.4 Å². The number of allylic oxidation sites excluding steroid dienone is 1. The van der Waals surface area contributed by atoms with Crippen molar-refractivity contribution in [3.63, 3.8) is 0 Å². The average Bonchev–Trinajstić information content (AvgIpc) is 3.11. The number of thioether (sulfide) groups is 1. The normalized spacial score (nSPS) is 25.1. The number of fused-ring (bicyclic) bond motifs is 1. The highest BCUT2D eigenvalue weighted by Gasteiger charge is 2.47. The number of nitrogens with two attached hydrogens (primary N) is 1. The number of rotatable bonds is 5. The van der Waals surface area contributed by atoms with Crippen molar-refractivity contribution in [2.75, 3.05) is 42.6 Å². The first-order chi connectivity index (χ1) is 12.2. The van der Waals surface area contributed by atoms with E-state index in [0.717, 1.165) is 0 Å².